The Morgan fingerprint density at radius 2 is 0.773 bits per heavy atom. The average molecular weight is 1020 g/mol. The Morgan fingerprint density at radius 3 is 1.16 bits per heavy atom. The third-order valence-corrected chi connectivity index (χ3v) is 11.4. The predicted molar refractivity (Wildman–Crippen MR) is 279 cm³/mol. The van der Waals surface area contributed by atoms with Crippen LogP contribution in [0.3, 0.4) is 0 Å². The molecule has 0 aliphatic carbocycles. The van der Waals surface area contributed by atoms with Gasteiger partial charge in [-0.25, -0.2) is 14.4 Å². The topological polar surface area (TPSA) is 187 Å². The second kappa shape index (κ2) is 28.2. The fraction of sp³-hybridized carbons (Fsp3) is 0.217. The number of rotatable bonds is 26. The van der Waals surface area contributed by atoms with Crippen molar-refractivity contribution < 1.29 is 66.7 Å². The van der Waals surface area contributed by atoms with Crippen molar-refractivity contribution in [1.29, 1.82) is 0 Å². The van der Waals surface area contributed by atoms with E-state index in [1.807, 2.05) is 140 Å². The van der Waals surface area contributed by atoms with Crippen LogP contribution in [0.25, 0.3) is 22.3 Å². The maximum absolute atomic E-state index is 13.1. The van der Waals surface area contributed by atoms with Gasteiger partial charge in [-0.05, 0) is 101 Å². The molecule has 0 saturated heterocycles. The highest BCUT2D eigenvalue weighted by atomic mass is 16.6. The predicted octanol–water partition coefficient (Wildman–Crippen LogP) is 11.2. The van der Waals surface area contributed by atoms with E-state index < -0.39 is 54.0 Å². The first-order valence-electron chi connectivity index (χ1n) is 24.1. The van der Waals surface area contributed by atoms with E-state index in [0.717, 1.165) is 68.2 Å². The Bertz CT molecular complexity index is 2750. The Labute approximate surface area is 435 Å². The summed E-state index contributed by atoms with van der Waals surface area (Å²) >= 11 is 0. The van der Waals surface area contributed by atoms with Crippen LogP contribution in [0.4, 0.5) is 17.1 Å². The van der Waals surface area contributed by atoms with Gasteiger partial charge in [0.05, 0.1) is 31.2 Å². The van der Waals surface area contributed by atoms with E-state index in [1.54, 1.807) is 26.0 Å². The minimum atomic E-state index is -0.625. The zero-order valence-electron chi connectivity index (χ0n) is 41.7. The zero-order valence-corrected chi connectivity index (χ0v) is 41.7. The molecule has 0 aliphatic heterocycles. The van der Waals surface area contributed by atoms with E-state index >= 15 is 0 Å². The summed E-state index contributed by atoms with van der Waals surface area (Å²) in [6.07, 6.45) is 0.159. The zero-order chi connectivity index (χ0) is 53.5. The quantitative estimate of drug-likeness (QED) is 0.0216. The van der Waals surface area contributed by atoms with Gasteiger partial charge >= 0.3 is 41.8 Å². The van der Waals surface area contributed by atoms with Crippen molar-refractivity contribution >= 4 is 58.8 Å². The summed E-state index contributed by atoms with van der Waals surface area (Å²) in [5.41, 5.74) is 9.05. The summed E-state index contributed by atoms with van der Waals surface area (Å²) in [7, 11) is 0. The van der Waals surface area contributed by atoms with Crippen molar-refractivity contribution in [1.82, 2.24) is 0 Å². The van der Waals surface area contributed by atoms with Crippen LogP contribution in [0.5, 0.6) is 0 Å². The van der Waals surface area contributed by atoms with Gasteiger partial charge in [-0.3, -0.25) is 19.2 Å². The Balaban J connectivity index is 1.10. The number of benzene rings is 6. The van der Waals surface area contributed by atoms with Gasteiger partial charge in [-0.15, -0.1) is 0 Å². The first-order chi connectivity index (χ1) is 36.3. The fourth-order valence-electron chi connectivity index (χ4n) is 7.41. The van der Waals surface area contributed by atoms with Gasteiger partial charge in [0.2, 0.25) is 0 Å². The molecule has 0 aromatic heterocycles. The molecule has 0 amide bonds. The summed E-state index contributed by atoms with van der Waals surface area (Å²) < 4.78 is 36.2. The van der Waals surface area contributed by atoms with Gasteiger partial charge in [0.1, 0.15) is 45.2 Å². The average Bonchev–Trinajstić information content (AvgIpc) is 3.44. The molecule has 0 saturated carbocycles. The number of carbonyl (C=O) groups excluding carboxylic acids is 7. The molecule has 386 valence electrons. The molecule has 0 bridgehead atoms. The molecule has 6 rings (SSSR count). The van der Waals surface area contributed by atoms with Gasteiger partial charge in [0.15, 0.2) is 0 Å². The lowest BCUT2D eigenvalue weighted by Gasteiger charge is -2.26. The first kappa shape index (κ1) is 55.2. The molecule has 0 N–H and O–H groups in total. The molecular formula is C60H57NO14. The maximum atomic E-state index is 13.1. The Kier molecular flexibility index (Phi) is 20.8. The van der Waals surface area contributed by atoms with E-state index in [2.05, 4.69) is 18.1 Å². The van der Waals surface area contributed by atoms with E-state index in [1.165, 1.54) is 0 Å². The molecule has 6 aromatic carbocycles. The lowest BCUT2D eigenvalue weighted by atomic mass is 10.0. The minimum Gasteiger partial charge on any atom is -0.462 e. The highest BCUT2D eigenvalue weighted by molar-refractivity contribution is 5.91. The Hall–Kier alpha value is -9.11. The monoisotopic (exact) mass is 1020 g/mol. The molecular weight excluding hydrogens is 959 g/mol. The lowest BCUT2D eigenvalue weighted by Crippen LogP contribution is -2.15. The van der Waals surface area contributed by atoms with Crippen LogP contribution in [0.15, 0.2) is 177 Å². The summed E-state index contributed by atoms with van der Waals surface area (Å²) in [6.45, 7) is 9.74. The van der Waals surface area contributed by atoms with Crippen molar-refractivity contribution in [3.8, 4) is 22.3 Å². The summed E-state index contributed by atoms with van der Waals surface area (Å²) in [6, 6.07) is 48.0. The van der Waals surface area contributed by atoms with Crippen LogP contribution in [0, 0.1) is 0 Å². The first-order valence-corrected chi connectivity index (χ1v) is 24.1. The van der Waals surface area contributed by atoms with Crippen LogP contribution in [-0.4, -0.2) is 68.2 Å². The normalized spacial score (nSPS) is 11.4. The molecule has 0 radical (unpaired) electrons. The van der Waals surface area contributed by atoms with Gasteiger partial charge in [0, 0.05) is 29.2 Å². The third kappa shape index (κ3) is 17.3. The van der Waals surface area contributed by atoms with Crippen LogP contribution < -0.4 is 4.90 Å². The standard InChI is InChI=1S/C60H57NO14/c1-5-54(62)69-36-38-71-56(64)32-34-58(66)74-41(3)44-12-16-46(17-13-44)48-20-26-51(27-21-48)61(53-30-24-50(25-31-53)60(68)73-40-43-10-8-7-9-11-43)52-28-22-49(23-29-52)47-18-14-45(15-19-47)42(4)75-59(67)35-33-57(65)72-39-37-70-55(63)6-2/h5-31,41-42H,1-2,32-40H2,3-4H3. The largest absolute Gasteiger partial charge is 0.462 e. The molecule has 15 nitrogen and oxygen atoms in total. The second-order valence-electron chi connectivity index (χ2n) is 16.7. The van der Waals surface area contributed by atoms with Crippen molar-refractivity contribution in [2.24, 2.45) is 0 Å². The number of hydrogen-bond donors (Lipinski definition) is 0. The van der Waals surface area contributed by atoms with Crippen molar-refractivity contribution in [3.05, 3.63) is 199 Å². The van der Waals surface area contributed by atoms with Gasteiger partial charge in [0.25, 0.3) is 0 Å². The SMILES string of the molecule is C=CC(=O)OCCOC(=O)CCC(=O)OC(C)c1ccc(-c2ccc(N(c3ccc(C(=O)OCc4ccccc4)cc3)c3ccc(-c4ccc(C(C)OC(=O)CCC(=O)OCCOC(=O)C=C)cc4)cc3)cc2)cc1. The summed E-state index contributed by atoms with van der Waals surface area (Å²) in [4.78, 5) is 86.5. The molecule has 0 fully saturated rings. The molecule has 2 atom stereocenters. The van der Waals surface area contributed by atoms with Crippen LogP contribution in [-0.2, 0) is 68.5 Å². The van der Waals surface area contributed by atoms with Gasteiger partial charge in [-0.2, -0.15) is 0 Å². The molecule has 0 aliphatic rings. The van der Waals surface area contributed by atoms with E-state index in [0.29, 0.717) is 5.56 Å². The number of esters is 7. The molecule has 2 unspecified atom stereocenters. The van der Waals surface area contributed by atoms with Crippen molar-refractivity contribution in [3.63, 3.8) is 0 Å². The van der Waals surface area contributed by atoms with E-state index in [-0.39, 0.29) is 58.7 Å². The smallest absolute Gasteiger partial charge is 0.338 e. The number of anilines is 3. The molecule has 0 heterocycles. The van der Waals surface area contributed by atoms with Crippen LogP contribution >= 0.6 is 0 Å². The minimum absolute atomic E-state index is 0.114. The molecule has 75 heavy (non-hydrogen) atoms. The highest BCUT2D eigenvalue weighted by Gasteiger charge is 2.19. The van der Waals surface area contributed by atoms with Crippen LogP contribution in [0.2, 0.25) is 0 Å². The van der Waals surface area contributed by atoms with E-state index in [9.17, 15) is 33.6 Å². The van der Waals surface area contributed by atoms with Crippen LogP contribution in [0.1, 0.15) is 78.8 Å². The fourth-order valence-corrected chi connectivity index (χ4v) is 7.41. The second-order valence-corrected chi connectivity index (χ2v) is 16.7. The number of nitrogens with zero attached hydrogens (tertiary/aromatic N) is 1. The van der Waals surface area contributed by atoms with Crippen molar-refractivity contribution in [2.45, 2.75) is 58.3 Å². The summed E-state index contributed by atoms with van der Waals surface area (Å²) in [5, 5.41) is 0. The Morgan fingerprint density at radius 1 is 0.427 bits per heavy atom. The molecule has 0 spiro atoms. The summed E-state index contributed by atoms with van der Waals surface area (Å²) in [5.74, 6) is -4.03. The van der Waals surface area contributed by atoms with Gasteiger partial charge < -0.3 is 38.1 Å². The number of hydrogen-bond acceptors (Lipinski definition) is 15. The van der Waals surface area contributed by atoms with Crippen molar-refractivity contribution in [2.75, 3.05) is 31.3 Å². The highest BCUT2D eigenvalue weighted by Crippen LogP contribution is 2.37. The lowest BCUT2D eigenvalue weighted by molar-refractivity contribution is -0.154. The number of ether oxygens (including phenoxy) is 7. The molecule has 6 aromatic rings. The maximum Gasteiger partial charge on any atom is 0.338 e. The van der Waals surface area contributed by atoms with Gasteiger partial charge in [-0.1, -0.05) is 116 Å². The number of carbonyl (C=O) groups is 7. The molecule has 15 heteroatoms. The third-order valence-electron chi connectivity index (χ3n) is 11.4. The van der Waals surface area contributed by atoms with E-state index in [4.69, 9.17) is 33.2 Å².